The van der Waals surface area contributed by atoms with Crippen molar-refractivity contribution in [2.24, 2.45) is 5.92 Å². The molecule has 2 nitrogen and oxygen atoms in total. The normalized spacial score (nSPS) is 23.3. The van der Waals surface area contributed by atoms with Gasteiger partial charge in [0.2, 0.25) is 0 Å². The van der Waals surface area contributed by atoms with Gasteiger partial charge in [-0.1, -0.05) is 33.0 Å². The number of nitrogens with zero attached hydrogens (tertiary/aromatic N) is 2. The Balaban J connectivity index is 2.72. The maximum Gasteiger partial charge on any atom is 0.117 e. The first-order valence-electron chi connectivity index (χ1n) is 5.80. The highest BCUT2D eigenvalue weighted by atomic mass is 32.1. The molecular weight excluding hydrogens is 204 g/mol. The highest BCUT2D eigenvalue weighted by Gasteiger charge is 2.32. The Hall–Kier alpha value is -0.620. The van der Waals surface area contributed by atoms with Crippen molar-refractivity contribution in [1.82, 2.24) is 4.90 Å². The molecule has 0 radical (unpaired) electrons. The van der Waals surface area contributed by atoms with Crippen molar-refractivity contribution in [2.75, 3.05) is 0 Å². The third-order valence-electron chi connectivity index (χ3n) is 2.99. The lowest BCUT2D eigenvalue weighted by Crippen LogP contribution is -2.40. The van der Waals surface area contributed by atoms with E-state index < -0.39 is 0 Å². The minimum atomic E-state index is -0.0104. The maximum absolute atomic E-state index is 9.10. The Morgan fingerprint density at radius 3 is 2.73 bits per heavy atom. The summed E-state index contributed by atoms with van der Waals surface area (Å²) in [5.41, 5.74) is 0. The second-order valence-electron chi connectivity index (χ2n) is 4.68. The first-order chi connectivity index (χ1) is 7.10. The molecule has 2 unspecified atom stereocenters. The number of likely N-dealkylation sites (tertiary alicyclic amines) is 1. The van der Waals surface area contributed by atoms with Gasteiger partial charge in [0, 0.05) is 6.04 Å². The summed E-state index contributed by atoms with van der Waals surface area (Å²) in [5, 5.41) is 9.10. The minimum Gasteiger partial charge on any atom is -0.347 e. The van der Waals surface area contributed by atoms with Gasteiger partial charge in [-0.15, -0.1) is 0 Å². The molecule has 15 heavy (non-hydrogen) atoms. The van der Waals surface area contributed by atoms with Gasteiger partial charge in [-0.3, -0.25) is 0 Å². The van der Waals surface area contributed by atoms with Crippen LogP contribution in [0.1, 0.15) is 46.5 Å². The molecule has 1 rings (SSSR count). The van der Waals surface area contributed by atoms with Crippen molar-refractivity contribution in [3.8, 4) is 6.07 Å². The van der Waals surface area contributed by atoms with Crippen molar-refractivity contribution < 1.29 is 0 Å². The standard InChI is InChI=1S/C12H20N2S/c1-4-10(8-13)14-11(7-9(2)3)5-6-12(14)15/h9-11H,4-7H2,1-3H3. The Labute approximate surface area is 98.3 Å². The van der Waals surface area contributed by atoms with Gasteiger partial charge in [0.15, 0.2) is 0 Å². The fraction of sp³-hybridized carbons (Fsp3) is 0.833. The number of hydrogen-bond acceptors (Lipinski definition) is 2. The third kappa shape index (κ3) is 2.92. The van der Waals surface area contributed by atoms with Crippen LogP contribution in [0.15, 0.2) is 0 Å². The topological polar surface area (TPSA) is 27.0 Å². The first-order valence-corrected chi connectivity index (χ1v) is 6.21. The predicted molar refractivity (Wildman–Crippen MR) is 66.6 cm³/mol. The molecule has 0 aliphatic carbocycles. The summed E-state index contributed by atoms with van der Waals surface area (Å²) in [4.78, 5) is 3.18. The zero-order valence-electron chi connectivity index (χ0n) is 9.86. The van der Waals surface area contributed by atoms with Crippen molar-refractivity contribution in [1.29, 1.82) is 5.26 Å². The average Bonchev–Trinajstić information content (AvgIpc) is 2.51. The van der Waals surface area contributed by atoms with Crippen molar-refractivity contribution in [3.05, 3.63) is 0 Å². The molecule has 1 aliphatic heterocycles. The van der Waals surface area contributed by atoms with Crippen LogP contribution in [0, 0.1) is 17.2 Å². The maximum atomic E-state index is 9.10. The number of thiocarbonyl (C=S) groups is 1. The smallest absolute Gasteiger partial charge is 0.117 e. The molecule has 0 saturated carbocycles. The molecular formula is C12H20N2S. The molecule has 0 amide bonds. The molecule has 1 aliphatic rings. The summed E-state index contributed by atoms with van der Waals surface area (Å²) in [6, 6.07) is 2.86. The molecule has 0 aromatic carbocycles. The van der Waals surface area contributed by atoms with E-state index >= 15 is 0 Å². The Bertz CT molecular complexity index is 267. The Kier molecular flexibility index (Phi) is 4.53. The van der Waals surface area contributed by atoms with Gasteiger partial charge in [0.25, 0.3) is 0 Å². The van der Waals surface area contributed by atoms with Crippen LogP contribution in [-0.2, 0) is 0 Å². The number of nitriles is 1. The van der Waals surface area contributed by atoms with Crippen LogP contribution in [0.25, 0.3) is 0 Å². The summed E-state index contributed by atoms with van der Waals surface area (Å²) in [6.07, 6.45) is 4.14. The third-order valence-corrected chi connectivity index (χ3v) is 3.40. The van der Waals surface area contributed by atoms with E-state index in [0.29, 0.717) is 12.0 Å². The van der Waals surface area contributed by atoms with Crippen molar-refractivity contribution in [2.45, 2.75) is 58.5 Å². The zero-order valence-corrected chi connectivity index (χ0v) is 10.7. The van der Waals surface area contributed by atoms with E-state index in [1.54, 1.807) is 0 Å². The van der Waals surface area contributed by atoms with Gasteiger partial charge in [-0.2, -0.15) is 5.26 Å². The van der Waals surface area contributed by atoms with Gasteiger partial charge in [-0.25, -0.2) is 0 Å². The second-order valence-corrected chi connectivity index (χ2v) is 5.15. The van der Waals surface area contributed by atoms with E-state index in [2.05, 4.69) is 31.7 Å². The second kappa shape index (κ2) is 5.46. The molecule has 1 heterocycles. The van der Waals surface area contributed by atoms with E-state index in [-0.39, 0.29) is 6.04 Å². The highest BCUT2D eigenvalue weighted by Crippen LogP contribution is 2.28. The van der Waals surface area contributed by atoms with E-state index in [1.165, 1.54) is 0 Å². The van der Waals surface area contributed by atoms with Crippen molar-refractivity contribution >= 4 is 17.2 Å². The fourth-order valence-electron chi connectivity index (χ4n) is 2.32. The molecule has 84 valence electrons. The lowest BCUT2D eigenvalue weighted by atomic mass is 10.0. The van der Waals surface area contributed by atoms with E-state index in [0.717, 1.165) is 30.7 Å². The van der Waals surface area contributed by atoms with Gasteiger partial charge in [0.1, 0.15) is 6.04 Å². The molecule has 2 atom stereocenters. The van der Waals surface area contributed by atoms with Crippen LogP contribution < -0.4 is 0 Å². The molecule has 0 aromatic rings. The van der Waals surface area contributed by atoms with Crippen LogP contribution in [0.3, 0.4) is 0 Å². The minimum absolute atomic E-state index is 0.0104. The monoisotopic (exact) mass is 224 g/mol. The SMILES string of the molecule is CCC(C#N)N1C(=S)CCC1CC(C)C. The van der Waals surface area contributed by atoms with Gasteiger partial charge in [0.05, 0.1) is 11.1 Å². The molecule has 1 fully saturated rings. The van der Waals surface area contributed by atoms with Gasteiger partial charge >= 0.3 is 0 Å². The van der Waals surface area contributed by atoms with Crippen LogP contribution in [0.4, 0.5) is 0 Å². The summed E-state index contributed by atoms with van der Waals surface area (Å²) >= 11 is 5.35. The summed E-state index contributed by atoms with van der Waals surface area (Å²) in [6.45, 7) is 6.51. The van der Waals surface area contributed by atoms with Crippen molar-refractivity contribution in [3.63, 3.8) is 0 Å². The highest BCUT2D eigenvalue weighted by molar-refractivity contribution is 7.80. The van der Waals surface area contributed by atoms with Crippen LogP contribution in [0.5, 0.6) is 0 Å². The summed E-state index contributed by atoms with van der Waals surface area (Å²) in [5.74, 6) is 0.676. The number of hydrogen-bond donors (Lipinski definition) is 0. The molecule has 0 N–H and O–H groups in total. The van der Waals surface area contributed by atoms with Gasteiger partial charge < -0.3 is 4.90 Å². The quantitative estimate of drug-likeness (QED) is 0.686. The fourth-order valence-corrected chi connectivity index (χ4v) is 2.71. The van der Waals surface area contributed by atoms with Crippen LogP contribution >= 0.6 is 12.2 Å². The average molecular weight is 224 g/mol. The number of rotatable bonds is 4. The molecule has 0 aromatic heterocycles. The lowest BCUT2D eigenvalue weighted by molar-refractivity contribution is 0.259. The van der Waals surface area contributed by atoms with E-state index in [1.807, 2.05) is 0 Å². The van der Waals surface area contributed by atoms with Gasteiger partial charge in [-0.05, 0) is 31.6 Å². The summed E-state index contributed by atoms with van der Waals surface area (Å²) < 4.78 is 0. The molecule has 0 spiro atoms. The van der Waals surface area contributed by atoms with E-state index in [9.17, 15) is 0 Å². The Morgan fingerprint density at radius 1 is 1.60 bits per heavy atom. The predicted octanol–water partition coefficient (Wildman–Crippen LogP) is 3.13. The lowest BCUT2D eigenvalue weighted by Gasteiger charge is -2.31. The zero-order chi connectivity index (χ0) is 11.4. The summed E-state index contributed by atoms with van der Waals surface area (Å²) in [7, 11) is 0. The van der Waals surface area contributed by atoms with Crippen LogP contribution in [-0.4, -0.2) is 22.0 Å². The molecule has 3 heteroatoms. The first kappa shape index (κ1) is 12.4. The van der Waals surface area contributed by atoms with E-state index in [4.69, 9.17) is 17.5 Å². The molecule has 1 saturated heterocycles. The Morgan fingerprint density at radius 2 is 2.27 bits per heavy atom. The van der Waals surface area contributed by atoms with Crippen LogP contribution in [0.2, 0.25) is 0 Å². The molecule has 0 bridgehead atoms. The largest absolute Gasteiger partial charge is 0.347 e.